The molecule has 0 amide bonds. The summed E-state index contributed by atoms with van der Waals surface area (Å²) in [5, 5.41) is 0.0926. The van der Waals surface area contributed by atoms with Gasteiger partial charge in [-0.25, -0.2) is 0 Å². The van der Waals surface area contributed by atoms with E-state index in [4.69, 9.17) is 5.73 Å². The number of nitrogens with two attached hydrogens (primary N) is 1. The first-order valence-corrected chi connectivity index (χ1v) is 10.4. The Morgan fingerprint density at radius 1 is 1.08 bits per heavy atom. The largest absolute Gasteiger partial charge is 0.432 e. The average molecular weight is 207 g/mol. The van der Waals surface area contributed by atoms with E-state index < -0.39 is 16.6 Å². The molecule has 0 bridgehead atoms. The van der Waals surface area contributed by atoms with Crippen LogP contribution in [0.2, 0.25) is 31.4 Å². The lowest BCUT2D eigenvalue weighted by molar-refractivity contribution is 0.494. The second-order valence-electron chi connectivity index (χ2n) is 4.44. The molecule has 0 saturated heterocycles. The molecular formula is C7H21NO2Si2. The van der Waals surface area contributed by atoms with Gasteiger partial charge in [0, 0.05) is 0 Å². The summed E-state index contributed by atoms with van der Waals surface area (Å²) in [5.41, 5.74) is 5.44. The number of hydrogen-bond acceptors (Lipinski definition) is 3. The van der Waals surface area contributed by atoms with Gasteiger partial charge >= 0.3 is 0 Å². The molecule has 0 saturated carbocycles. The molecule has 74 valence electrons. The van der Waals surface area contributed by atoms with Crippen LogP contribution in [0.25, 0.3) is 0 Å². The van der Waals surface area contributed by atoms with E-state index in [9.17, 15) is 9.59 Å². The Balaban J connectivity index is 4.45. The third-order valence-electron chi connectivity index (χ3n) is 2.16. The van der Waals surface area contributed by atoms with Crippen LogP contribution in [-0.2, 0) is 0 Å². The van der Waals surface area contributed by atoms with Gasteiger partial charge in [-0.3, -0.25) is 0 Å². The van der Waals surface area contributed by atoms with Crippen molar-refractivity contribution in [1.29, 1.82) is 0 Å². The van der Waals surface area contributed by atoms with Crippen LogP contribution in [0.1, 0.15) is 6.42 Å². The van der Waals surface area contributed by atoms with E-state index in [-0.39, 0.29) is 5.16 Å². The van der Waals surface area contributed by atoms with Gasteiger partial charge in [0.25, 0.3) is 0 Å². The number of rotatable bonds is 4. The first-order chi connectivity index (χ1) is 5.19. The maximum atomic E-state index is 9.90. The standard InChI is InChI=1S/C7H21NO2Si2/c1-11(2,9)7(5-6-8)12(3,4)10/h7,9-10H,5-6,8H2,1-4H3. The summed E-state index contributed by atoms with van der Waals surface area (Å²) in [4.78, 5) is 19.8. The van der Waals surface area contributed by atoms with Crippen LogP contribution >= 0.6 is 0 Å². The highest BCUT2D eigenvalue weighted by molar-refractivity contribution is 6.90. The minimum Gasteiger partial charge on any atom is -0.432 e. The van der Waals surface area contributed by atoms with Crippen LogP contribution < -0.4 is 5.73 Å². The average Bonchev–Trinajstić information content (AvgIpc) is 1.77. The zero-order valence-corrected chi connectivity index (χ0v) is 10.5. The maximum absolute atomic E-state index is 9.90. The van der Waals surface area contributed by atoms with E-state index in [1.165, 1.54) is 0 Å². The Labute approximate surface area is 76.9 Å². The van der Waals surface area contributed by atoms with Gasteiger partial charge in [-0.1, -0.05) is 0 Å². The van der Waals surface area contributed by atoms with E-state index in [1.54, 1.807) is 0 Å². The van der Waals surface area contributed by atoms with Crippen LogP contribution in [0.3, 0.4) is 0 Å². The highest BCUT2D eigenvalue weighted by Gasteiger charge is 2.41. The van der Waals surface area contributed by atoms with Crippen LogP contribution in [0.4, 0.5) is 0 Å². The minimum absolute atomic E-state index is 0.0926. The molecule has 0 aliphatic heterocycles. The number of hydrogen-bond donors (Lipinski definition) is 3. The molecule has 0 atom stereocenters. The molecule has 0 unspecified atom stereocenters. The van der Waals surface area contributed by atoms with Gasteiger partial charge < -0.3 is 15.3 Å². The summed E-state index contributed by atoms with van der Waals surface area (Å²) in [6.45, 7) is 8.05. The normalized spacial score (nSPS) is 14.0. The van der Waals surface area contributed by atoms with Gasteiger partial charge in [-0.2, -0.15) is 0 Å². The SMILES string of the molecule is C[Si](C)(O)C(CCN)[Si](C)(C)O. The lowest BCUT2D eigenvalue weighted by Crippen LogP contribution is -2.48. The summed E-state index contributed by atoms with van der Waals surface area (Å²) < 4.78 is 0. The van der Waals surface area contributed by atoms with Crippen molar-refractivity contribution in [2.45, 2.75) is 37.8 Å². The van der Waals surface area contributed by atoms with Crippen molar-refractivity contribution < 1.29 is 9.59 Å². The van der Waals surface area contributed by atoms with Crippen LogP contribution in [0.5, 0.6) is 0 Å². The Morgan fingerprint density at radius 2 is 1.42 bits per heavy atom. The summed E-state index contributed by atoms with van der Waals surface area (Å²) in [5.74, 6) is 0. The molecule has 0 rings (SSSR count). The Bertz CT molecular complexity index is 125. The topological polar surface area (TPSA) is 66.5 Å². The summed E-state index contributed by atoms with van der Waals surface area (Å²) in [6, 6.07) is 0. The van der Waals surface area contributed by atoms with E-state index in [2.05, 4.69) is 0 Å². The molecule has 0 aromatic heterocycles. The van der Waals surface area contributed by atoms with Gasteiger partial charge in [0.05, 0.1) is 0 Å². The maximum Gasteiger partial charge on any atom is 0.185 e. The Kier molecular flexibility index (Phi) is 4.12. The van der Waals surface area contributed by atoms with E-state index in [0.717, 1.165) is 6.42 Å². The lowest BCUT2D eigenvalue weighted by atomic mass is 10.5. The van der Waals surface area contributed by atoms with Gasteiger partial charge in [0.15, 0.2) is 16.6 Å². The zero-order chi connectivity index (χ0) is 9.99. The molecule has 0 aliphatic carbocycles. The third kappa shape index (κ3) is 3.82. The molecule has 12 heavy (non-hydrogen) atoms. The Hall–Kier alpha value is 0.314. The predicted octanol–water partition coefficient (Wildman–Crippen LogP) is 0.639. The van der Waals surface area contributed by atoms with Crippen molar-refractivity contribution in [1.82, 2.24) is 0 Å². The molecule has 0 radical (unpaired) electrons. The highest BCUT2D eigenvalue weighted by atomic mass is 28.4. The van der Waals surface area contributed by atoms with Crippen LogP contribution in [0, 0.1) is 0 Å². The summed E-state index contributed by atoms with van der Waals surface area (Å²) >= 11 is 0. The second kappa shape index (κ2) is 4.01. The van der Waals surface area contributed by atoms with Gasteiger partial charge in [0.1, 0.15) is 0 Å². The van der Waals surface area contributed by atoms with E-state index in [1.807, 2.05) is 26.2 Å². The first-order valence-electron chi connectivity index (χ1n) is 4.34. The second-order valence-corrected chi connectivity index (χ2v) is 13.0. The molecule has 0 aromatic rings. The van der Waals surface area contributed by atoms with Gasteiger partial charge in [-0.15, -0.1) is 0 Å². The summed E-state index contributed by atoms with van der Waals surface area (Å²) in [6.07, 6.45) is 0.755. The molecule has 0 heterocycles. The smallest absolute Gasteiger partial charge is 0.185 e. The van der Waals surface area contributed by atoms with Crippen molar-refractivity contribution in [3.63, 3.8) is 0 Å². The molecular weight excluding hydrogens is 186 g/mol. The Morgan fingerprint density at radius 3 is 1.50 bits per heavy atom. The molecule has 0 fully saturated rings. The van der Waals surface area contributed by atoms with Crippen LogP contribution in [-0.4, -0.2) is 32.8 Å². The fourth-order valence-corrected chi connectivity index (χ4v) is 10.4. The van der Waals surface area contributed by atoms with Crippen molar-refractivity contribution in [2.24, 2.45) is 5.73 Å². The summed E-state index contributed by atoms with van der Waals surface area (Å²) in [7, 11) is -4.42. The molecule has 5 heteroatoms. The molecule has 4 N–H and O–H groups in total. The lowest BCUT2D eigenvalue weighted by Gasteiger charge is -2.34. The zero-order valence-electron chi connectivity index (χ0n) is 8.46. The predicted molar refractivity (Wildman–Crippen MR) is 56.8 cm³/mol. The van der Waals surface area contributed by atoms with E-state index in [0.29, 0.717) is 6.54 Å². The quantitative estimate of drug-likeness (QED) is 0.593. The molecule has 0 spiro atoms. The minimum atomic E-state index is -2.21. The molecule has 0 aromatic carbocycles. The molecule has 3 nitrogen and oxygen atoms in total. The van der Waals surface area contributed by atoms with Crippen molar-refractivity contribution in [2.75, 3.05) is 6.54 Å². The fraction of sp³-hybridized carbons (Fsp3) is 1.00. The van der Waals surface area contributed by atoms with Crippen molar-refractivity contribution in [3.8, 4) is 0 Å². The van der Waals surface area contributed by atoms with E-state index >= 15 is 0 Å². The third-order valence-corrected chi connectivity index (χ3v) is 10.4. The monoisotopic (exact) mass is 207 g/mol. The highest BCUT2D eigenvalue weighted by Crippen LogP contribution is 2.31. The van der Waals surface area contributed by atoms with Gasteiger partial charge in [-0.05, 0) is 44.3 Å². The molecule has 0 aliphatic rings. The first kappa shape index (κ1) is 12.3. The van der Waals surface area contributed by atoms with Crippen LogP contribution in [0.15, 0.2) is 0 Å². The fourth-order valence-electron chi connectivity index (χ4n) is 1.74. The van der Waals surface area contributed by atoms with Crippen molar-refractivity contribution >= 4 is 16.6 Å². The van der Waals surface area contributed by atoms with Gasteiger partial charge in [0.2, 0.25) is 0 Å². The van der Waals surface area contributed by atoms with Crippen molar-refractivity contribution in [3.05, 3.63) is 0 Å².